The van der Waals surface area contributed by atoms with Crippen molar-refractivity contribution in [3.63, 3.8) is 0 Å². The van der Waals surface area contributed by atoms with Crippen molar-refractivity contribution in [3.8, 4) is 39.1 Å². The summed E-state index contributed by atoms with van der Waals surface area (Å²) < 4.78 is 2.34. The zero-order valence-electron chi connectivity index (χ0n) is 20.7. The highest BCUT2D eigenvalue weighted by atomic mass is 35.5. The molecule has 1 nitrogen and oxygen atoms in total. The highest BCUT2D eigenvalue weighted by Gasteiger charge is 2.16. The maximum absolute atomic E-state index is 6.51. The van der Waals surface area contributed by atoms with Gasteiger partial charge in [0, 0.05) is 21.5 Å². The Kier molecular flexibility index (Phi) is 5.57. The summed E-state index contributed by atoms with van der Waals surface area (Å²) in [5, 5.41) is 3.12. The van der Waals surface area contributed by atoms with Gasteiger partial charge in [-0.15, -0.1) is 0 Å². The Hall–Kier alpha value is -4.59. The van der Waals surface area contributed by atoms with E-state index in [1.54, 1.807) is 0 Å². The molecule has 2 heteroatoms. The highest BCUT2D eigenvalue weighted by molar-refractivity contribution is 6.32. The summed E-state index contributed by atoms with van der Waals surface area (Å²) in [7, 11) is 0. The molecule has 0 N–H and O–H groups in total. The molecule has 0 spiro atoms. The molecule has 1 aromatic heterocycles. The SMILES string of the molecule is Clc1ccc2c(c1)c1c(-c3ccccc3)cccc1n2-c1ccc(-c2cccc(-c3ccccc3)c2)cc1. The van der Waals surface area contributed by atoms with Gasteiger partial charge in [0.15, 0.2) is 0 Å². The fraction of sp³-hybridized carbons (Fsp3) is 0. The zero-order chi connectivity index (χ0) is 25.5. The fourth-order valence-electron chi connectivity index (χ4n) is 5.49. The lowest BCUT2D eigenvalue weighted by molar-refractivity contribution is 1.18. The van der Waals surface area contributed by atoms with Crippen LogP contribution in [0.15, 0.2) is 146 Å². The molecule has 0 amide bonds. The third kappa shape index (κ3) is 3.89. The molecule has 0 fully saturated rings. The van der Waals surface area contributed by atoms with Crippen molar-refractivity contribution in [3.05, 3.63) is 151 Å². The van der Waals surface area contributed by atoms with Crippen molar-refractivity contribution in [1.29, 1.82) is 0 Å². The van der Waals surface area contributed by atoms with E-state index in [1.807, 2.05) is 6.07 Å². The molecule has 0 aliphatic rings. The third-order valence-corrected chi connectivity index (χ3v) is 7.50. The molecule has 0 unspecified atom stereocenters. The molecule has 0 atom stereocenters. The topological polar surface area (TPSA) is 4.93 Å². The molecule has 6 aromatic carbocycles. The van der Waals surface area contributed by atoms with Gasteiger partial charge >= 0.3 is 0 Å². The van der Waals surface area contributed by atoms with Crippen LogP contribution in [-0.2, 0) is 0 Å². The minimum absolute atomic E-state index is 0.744. The Morgan fingerprint density at radius 2 is 1.03 bits per heavy atom. The number of halogens is 1. The van der Waals surface area contributed by atoms with Gasteiger partial charge in [-0.2, -0.15) is 0 Å². The van der Waals surface area contributed by atoms with E-state index in [0.717, 1.165) is 21.6 Å². The van der Waals surface area contributed by atoms with Crippen molar-refractivity contribution < 1.29 is 0 Å². The first kappa shape index (κ1) is 22.6. The second-order valence-electron chi connectivity index (χ2n) is 9.56. The van der Waals surface area contributed by atoms with E-state index in [9.17, 15) is 0 Å². The lowest BCUT2D eigenvalue weighted by Crippen LogP contribution is -1.94. The lowest BCUT2D eigenvalue weighted by Gasteiger charge is -2.11. The van der Waals surface area contributed by atoms with E-state index in [-0.39, 0.29) is 0 Å². The second kappa shape index (κ2) is 9.37. The average molecular weight is 506 g/mol. The van der Waals surface area contributed by atoms with Gasteiger partial charge < -0.3 is 4.57 Å². The van der Waals surface area contributed by atoms with Crippen LogP contribution in [0.4, 0.5) is 0 Å². The Morgan fingerprint density at radius 1 is 0.421 bits per heavy atom. The molecular formula is C36H24ClN. The van der Waals surface area contributed by atoms with Gasteiger partial charge in [-0.05, 0) is 75.8 Å². The van der Waals surface area contributed by atoms with Crippen molar-refractivity contribution >= 4 is 33.4 Å². The van der Waals surface area contributed by atoms with Crippen LogP contribution in [0.1, 0.15) is 0 Å². The first-order chi connectivity index (χ1) is 18.8. The van der Waals surface area contributed by atoms with E-state index >= 15 is 0 Å². The van der Waals surface area contributed by atoms with Gasteiger partial charge in [0.2, 0.25) is 0 Å². The highest BCUT2D eigenvalue weighted by Crippen LogP contribution is 2.39. The van der Waals surface area contributed by atoms with Gasteiger partial charge in [0.1, 0.15) is 0 Å². The number of aromatic nitrogens is 1. The van der Waals surface area contributed by atoms with E-state index in [2.05, 4.69) is 144 Å². The largest absolute Gasteiger partial charge is 0.309 e. The van der Waals surface area contributed by atoms with E-state index in [4.69, 9.17) is 11.6 Å². The summed E-state index contributed by atoms with van der Waals surface area (Å²) in [6, 6.07) is 51.4. The normalized spacial score (nSPS) is 11.3. The predicted octanol–water partition coefficient (Wildman–Crippen LogP) is 10.4. The standard InChI is InChI=1S/C36H24ClN/c37-30-19-22-34-33(24-30)36-32(27-11-5-2-6-12-27)15-8-16-35(36)38(34)31-20-17-26(18-21-31)29-14-7-13-28(23-29)25-9-3-1-4-10-25/h1-24H. The molecule has 7 aromatic rings. The number of nitrogens with zero attached hydrogens (tertiary/aromatic N) is 1. The van der Waals surface area contributed by atoms with E-state index in [1.165, 1.54) is 44.3 Å². The molecule has 0 aliphatic carbocycles. The minimum atomic E-state index is 0.744. The predicted molar refractivity (Wildman–Crippen MR) is 162 cm³/mol. The van der Waals surface area contributed by atoms with Crippen LogP contribution in [0, 0.1) is 0 Å². The summed E-state index contributed by atoms with van der Waals surface area (Å²) in [5.41, 5.74) is 10.7. The van der Waals surface area contributed by atoms with Crippen LogP contribution in [0.5, 0.6) is 0 Å². The van der Waals surface area contributed by atoms with Crippen LogP contribution in [0.25, 0.3) is 60.9 Å². The number of rotatable bonds is 4. The molecule has 0 saturated carbocycles. The Labute approximate surface area is 227 Å². The van der Waals surface area contributed by atoms with Crippen molar-refractivity contribution in [1.82, 2.24) is 4.57 Å². The molecule has 0 aliphatic heterocycles. The number of benzene rings is 6. The van der Waals surface area contributed by atoms with E-state index < -0.39 is 0 Å². The lowest BCUT2D eigenvalue weighted by atomic mass is 9.99. The molecule has 0 bridgehead atoms. The molecule has 180 valence electrons. The van der Waals surface area contributed by atoms with Crippen LogP contribution < -0.4 is 0 Å². The average Bonchev–Trinajstić information content (AvgIpc) is 3.32. The first-order valence-corrected chi connectivity index (χ1v) is 13.2. The molecule has 38 heavy (non-hydrogen) atoms. The van der Waals surface area contributed by atoms with Crippen molar-refractivity contribution in [2.45, 2.75) is 0 Å². The minimum Gasteiger partial charge on any atom is -0.309 e. The van der Waals surface area contributed by atoms with Gasteiger partial charge in [-0.3, -0.25) is 0 Å². The summed E-state index contributed by atoms with van der Waals surface area (Å²) in [6.45, 7) is 0. The van der Waals surface area contributed by atoms with Crippen LogP contribution in [0.2, 0.25) is 5.02 Å². The third-order valence-electron chi connectivity index (χ3n) is 7.27. The fourth-order valence-corrected chi connectivity index (χ4v) is 5.66. The molecule has 0 saturated heterocycles. The Morgan fingerprint density at radius 3 is 1.74 bits per heavy atom. The van der Waals surface area contributed by atoms with Gasteiger partial charge in [0.05, 0.1) is 11.0 Å². The maximum Gasteiger partial charge on any atom is 0.0547 e. The monoisotopic (exact) mass is 505 g/mol. The zero-order valence-corrected chi connectivity index (χ0v) is 21.4. The maximum atomic E-state index is 6.51. The number of hydrogen-bond acceptors (Lipinski definition) is 0. The first-order valence-electron chi connectivity index (χ1n) is 12.8. The molecule has 1 heterocycles. The van der Waals surface area contributed by atoms with Gasteiger partial charge in [-0.25, -0.2) is 0 Å². The van der Waals surface area contributed by atoms with Crippen LogP contribution >= 0.6 is 11.6 Å². The summed E-state index contributed by atoms with van der Waals surface area (Å²) in [4.78, 5) is 0. The molecule has 0 radical (unpaired) electrons. The molecule has 7 rings (SSSR count). The van der Waals surface area contributed by atoms with Gasteiger partial charge in [-0.1, -0.05) is 115 Å². The quantitative estimate of drug-likeness (QED) is 0.224. The second-order valence-corrected chi connectivity index (χ2v) is 9.99. The van der Waals surface area contributed by atoms with Crippen LogP contribution in [-0.4, -0.2) is 4.57 Å². The number of hydrogen-bond donors (Lipinski definition) is 0. The van der Waals surface area contributed by atoms with Crippen molar-refractivity contribution in [2.75, 3.05) is 0 Å². The summed E-state index contributed by atoms with van der Waals surface area (Å²) in [6.07, 6.45) is 0. The van der Waals surface area contributed by atoms with Crippen molar-refractivity contribution in [2.24, 2.45) is 0 Å². The van der Waals surface area contributed by atoms with Crippen LogP contribution in [0.3, 0.4) is 0 Å². The molecular weight excluding hydrogens is 482 g/mol. The Bertz CT molecular complexity index is 1900. The number of fused-ring (bicyclic) bond motifs is 3. The smallest absolute Gasteiger partial charge is 0.0547 e. The Balaban J connectivity index is 1.37. The van der Waals surface area contributed by atoms with E-state index in [0.29, 0.717) is 0 Å². The summed E-state index contributed by atoms with van der Waals surface area (Å²) >= 11 is 6.51. The van der Waals surface area contributed by atoms with Gasteiger partial charge in [0.25, 0.3) is 0 Å². The summed E-state index contributed by atoms with van der Waals surface area (Å²) in [5.74, 6) is 0.